The molecule has 0 aliphatic heterocycles. The molecule has 1 aromatic rings. The van der Waals surface area contributed by atoms with E-state index < -0.39 is 0 Å². The Balaban J connectivity index is 2.04. The Labute approximate surface area is 102 Å². The Kier molecular flexibility index (Phi) is 4.00. The minimum atomic E-state index is -0.329. The molecule has 1 atom stereocenters. The maximum atomic E-state index is 13.3. The molecule has 1 aromatic carbocycles. The van der Waals surface area contributed by atoms with Gasteiger partial charge in [0.1, 0.15) is 0 Å². The fraction of sp³-hybridized carbons (Fsp3) is 0.571. The topological polar surface area (TPSA) is 35.2 Å². The molecule has 1 aliphatic rings. The zero-order valence-electron chi connectivity index (χ0n) is 10.3. The Hall–Kier alpha value is -1.09. The second kappa shape index (κ2) is 5.50. The number of hydrogen-bond donors (Lipinski definition) is 1. The summed E-state index contributed by atoms with van der Waals surface area (Å²) in [5, 5.41) is 0. The van der Waals surface area contributed by atoms with Crippen LogP contribution in [0.5, 0.6) is 5.75 Å². The van der Waals surface area contributed by atoms with Crippen LogP contribution in [0, 0.1) is 11.7 Å². The van der Waals surface area contributed by atoms with Crippen LogP contribution in [0.1, 0.15) is 43.7 Å². The molecule has 0 amide bonds. The van der Waals surface area contributed by atoms with E-state index in [2.05, 4.69) is 0 Å². The highest BCUT2D eigenvalue weighted by molar-refractivity contribution is 5.32. The minimum absolute atomic E-state index is 0.00685. The zero-order valence-corrected chi connectivity index (χ0v) is 10.3. The van der Waals surface area contributed by atoms with E-state index in [1.165, 1.54) is 38.9 Å². The average Bonchev–Trinajstić information content (AvgIpc) is 2.82. The molecule has 2 N–H and O–H groups in total. The van der Waals surface area contributed by atoms with E-state index in [0.29, 0.717) is 0 Å². The van der Waals surface area contributed by atoms with Gasteiger partial charge in [-0.05, 0) is 30.0 Å². The number of rotatable bonds is 4. The van der Waals surface area contributed by atoms with E-state index in [-0.39, 0.29) is 17.6 Å². The molecule has 1 fully saturated rings. The van der Waals surface area contributed by atoms with Crippen LogP contribution in [0.3, 0.4) is 0 Å². The lowest BCUT2D eigenvalue weighted by atomic mass is 9.94. The zero-order chi connectivity index (χ0) is 12.3. The van der Waals surface area contributed by atoms with Crippen LogP contribution in [0.15, 0.2) is 18.2 Å². The van der Waals surface area contributed by atoms with Gasteiger partial charge in [-0.2, -0.15) is 0 Å². The standard InChI is InChI=1S/C14H20FNO/c1-17-14-9-11(6-7-12(14)15)13(16)8-10-4-2-3-5-10/h6-7,9-10,13H,2-5,8,16H2,1H3. The lowest BCUT2D eigenvalue weighted by Gasteiger charge is -2.17. The van der Waals surface area contributed by atoms with E-state index in [1.807, 2.05) is 0 Å². The number of methoxy groups -OCH3 is 1. The number of benzene rings is 1. The van der Waals surface area contributed by atoms with Gasteiger partial charge in [0.25, 0.3) is 0 Å². The van der Waals surface area contributed by atoms with Crippen molar-refractivity contribution >= 4 is 0 Å². The van der Waals surface area contributed by atoms with Crippen LogP contribution < -0.4 is 10.5 Å². The summed E-state index contributed by atoms with van der Waals surface area (Å²) in [5.74, 6) is 0.690. The van der Waals surface area contributed by atoms with Crippen molar-refractivity contribution in [3.05, 3.63) is 29.6 Å². The van der Waals surface area contributed by atoms with Gasteiger partial charge in [0, 0.05) is 6.04 Å². The van der Waals surface area contributed by atoms with Crippen LogP contribution >= 0.6 is 0 Å². The van der Waals surface area contributed by atoms with Gasteiger partial charge in [0.2, 0.25) is 0 Å². The van der Waals surface area contributed by atoms with E-state index in [4.69, 9.17) is 10.5 Å². The molecular weight excluding hydrogens is 217 g/mol. The Morgan fingerprint density at radius 2 is 2.12 bits per heavy atom. The summed E-state index contributed by atoms with van der Waals surface area (Å²) >= 11 is 0. The van der Waals surface area contributed by atoms with Gasteiger partial charge in [-0.1, -0.05) is 31.7 Å². The largest absolute Gasteiger partial charge is 0.494 e. The van der Waals surface area contributed by atoms with Crippen LogP contribution in [0.4, 0.5) is 4.39 Å². The molecule has 17 heavy (non-hydrogen) atoms. The molecule has 2 rings (SSSR count). The van der Waals surface area contributed by atoms with E-state index in [1.54, 1.807) is 12.1 Å². The molecule has 2 nitrogen and oxygen atoms in total. The maximum absolute atomic E-state index is 13.3. The van der Waals surface area contributed by atoms with Crippen LogP contribution in [-0.4, -0.2) is 7.11 Å². The molecule has 1 unspecified atom stereocenters. The Morgan fingerprint density at radius 3 is 2.76 bits per heavy atom. The number of ether oxygens (including phenoxy) is 1. The van der Waals surface area contributed by atoms with Gasteiger partial charge in [-0.25, -0.2) is 4.39 Å². The van der Waals surface area contributed by atoms with E-state index in [0.717, 1.165) is 17.9 Å². The maximum Gasteiger partial charge on any atom is 0.165 e. The van der Waals surface area contributed by atoms with Crippen LogP contribution in [-0.2, 0) is 0 Å². The van der Waals surface area contributed by atoms with Crippen molar-refractivity contribution in [2.45, 2.75) is 38.1 Å². The third kappa shape index (κ3) is 2.97. The van der Waals surface area contributed by atoms with Crippen molar-refractivity contribution in [2.24, 2.45) is 11.7 Å². The SMILES string of the molecule is COc1cc(C(N)CC2CCCC2)ccc1F. The highest BCUT2D eigenvalue weighted by Gasteiger charge is 2.19. The van der Waals surface area contributed by atoms with Gasteiger partial charge >= 0.3 is 0 Å². The summed E-state index contributed by atoms with van der Waals surface area (Å²) in [6.45, 7) is 0. The van der Waals surface area contributed by atoms with E-state index >= 15 is 0 Å². The highest BCUT2D eigenvalue weighted by atomic mass is 19.1. The van der Waals surface area contributed by atoms with Crippen molar-refractivity contribution in [1.82, 2.24) is 0 Å². The van der Waals surface area contributed by atoms with Gasteiger partial charge in [-0.3, -0.25) is 0 Å². The fourth-order valence-corrected chi connectivity index (χ4v) is 2.65. The fourth-order valence-electron chi connectivity index (χ4n) is 2.65. The van der Waals surface area contributed by atoms with Crippen molar-refractivity contribution in [3.8, 4) is 5.75 Å². The average molecular weight is 237 g/mol. The predicted octanol–water partition coefficient (Wildman–Crippen LogP) is 3.41. The summed E-state index contributed by atoms with van der Waals surface area (Å²) in [6, 6.07) is 4.90. The van der Waals surface area contributed by atoms with Gasteiger partial charge in [-0.15, -0.1) is 0 Å². The lowest BCUT2D eigenvalue weighted by molar-refractivity contribution is 0.384. The van der Waals surface area contributed by atoms with Crippen LogP contribution in [0.25, 0.3) is 0 Å². The smallest absolute Gasteiger partial charge is 0.165 e. The van der Waals surface area contributed by atoms with Crippen molar-refractivity contribution in [1.29, 1.82) is 0 Å². The molecule has 1 aliphatic carbocycles. The monoisotopic (exact) mass is 237 g/mol. The molecular formula is C14H20FNO. The first-order chi connectivity index (χ1) is 8.20. The molecule has 1 saturated carbocycles. The molecule has 0 saturated heterocycles. The Morgan fingerprint density at radius 1 is 1.41 bits per heavy atom. The molecule has 0 bridgehead atoms. The molecule has 3 heteroatoms. The van der Waals surface area contributed by atoms with Gasteiger partial charge in [0.05, 0.1) is 7.11 Å². The van der Waals surface area contributed by atoms with Crippen molar-refractivity contribution in [3.63, 3.8) is 0 Å². The molecule has 0 heterocycles. The summed E-state index contributed by atoms with van der Waals surface area (Å²) in [7, 11) is 1.48. The summed E-state index contributed by atoms with van der Waals surface area (Å²) in [5.41, 5.74) is 7.14. The second-order valence-electron chi connectivity index (χ2n) is 4.89. The quantitative estimate of drug-likeness (QED) is 0.871. The number of hydrogen-bond acceptors (Lipinski definition) is 2. The third-order valence-electron chi connectivity index (χ3n) is 3.67. The second-order valence-corrected chi connectivity index (χ2v) is 4.89. The lowest BCUT2D eigenvalue weighted by Crippen LogP contribution is -2.14. The first kappa shape index (κ1) is 12.4. The predicted molar refractivity (Wildman–Crippen MR) is 66.5 cm³/mol. The summed E-state index contributed by atoms with van der Waals surface area (Å²) in [6.07, 6.45) is 6.21. The number of nitrogens with two attached hydrogens (primary N) is 1. The first-order valence-corrected chi connectivity index (χ1v) is 6.29. The Bertz CT molecular complexity index is 374. The summed E-state index contributed by atoms with van der Waals surface area (Å²) < 4.78 is 18.2. The minimum Gasteiger partial charge on any atom is -0.494 e. The highest BCUT2D eigenvalue weighted by Crippen LogP contribution is 2.33. The van der Waals surface area contributed by atoms with Crippen LogP contribution in [0.2, 0.25) is 0 Å². The summed E-state index contributed by atoms with van der Waals surface area (Å²) in [4.78, 5) is 0. The van der Waals surface area contributed by atoms with Crippen molar-refractivity contribution in [2.75, 3.05) is 7.11 Å². The molecule has 0 spiro atoms. The third-order valence-corrected chi connectivity index (χ3v) is 3.67. The molecule has 94 valence electrons. The number of halogens is 1. The normalized spacial score (nSPS) is 18.3. The van der Waals surface area contributed by atoms with Crippen molar-refractivity contribution < 1.29 is 9.13 Å². The molecule has 0 aromatic heterocycles. The van der Waals surface area contributed by atoms with E-state index in [9.17, 15) is 4.39 Å². The van der Waals surface area contributed by atoms with Gasteiger partial charge < -0.3 is 10.5 Å². The first-order valence-electron chi connectivity index (χ1n) is 6.29. The van der Waals surface area contributed by atoms with Gasteiger partial charge in [0.15, 0.2) is 11.6 Å². The molecule has 0 radical (unpaired) electrons.